The van der Waals surface area contributed by atoms with E-state index in [1.807, 2.05) is 0 Å². The van der Waals surface area contributed by atoms with Crippen LogP contribution in [0.25, 0.3) is 0 Å². The van der Waals surface area contributed by atoms with Crippen LogP contribution in [0.4, 0.5) is 0 Å². The van der Waals surface area contributed by atoms with Crippen molar-refractivity contribution in [3.05, 3.63) is 221 Å². The minimum Gasteiger partial charge on any atom is -0.396 e. The van der Waals surface area contributed by atoms with Crippen LogP contribution in [0, 0.1) is 5.92 Å². The van der Waals surface area contributed by atoms with E-state index in [0.717, 1.165) is 128 Å². The van der Waals surface area contributed by atoms with E-state index >= 15 is 0 Å². The molecule has 0 aliphatic carbocycles. The van der Waals surface area contributed by atoms with Crippen molar-refractivity contribution >= 4 is 0 Å². The molecule has 0 aliphatic heterocycles. The second-order valence-corrected chi connectivity index (χ2v) is 32.1. The number of hydrogen-bond donors (Lipinski definition) is 1. The molecular weight excluding hydrogens is 1220 g/mol. The topological polar surface area (TPSA) is 20.2 Å². The molecule has 1 nitrogen and oxygen atoms in total. The molecule has 0 radical (unpaired) electrons. The summed E-state index contributed by atoms with van der Waals surface area (Å²) in [5.74, 6) is 0.611. The molecule has 0 amide bonds. The van der Waals surface area contributed by atoms with E-state index < -0.39 is 0 Å². The number of rotatable bonds is 59. The molecule has 1 N–H and O–H groups in total. The van der Waals surface area contributed by atoms with Gasteiger partial charge in [0.25, 0.3) is 0 Å². The number of aliphatic hydroxyl groups is 1. The van der Waals surface area contributed by atoms with Gasteiger partial charge in [0.2, 0.25) is 0 Å². The van der Waals surface area contributed by atoms with E-state index in [9.17, 15) is 0 Å². The summed E-state index contributed by atoms with van der Waals surface area (Å²) in [5.41, 5.74) is 28.9. The Balaban J connectivity index is 4.35. The number of allylic oxidation sites excluding steroid dienone is 38. The minimum absolute atomic E-state index is 0.308. The third-order valence-electron chi connectivity index (χ3n) is 20.4. The minimum atomic E-state index is 0.308. The highest BCUT2D eigenvalue weighted by Gasteiger charge is 2.04. The van der Waals surface area contributed by atoms with Gasteiger partial charge in [-0.05, 0) is 395 Å². The van der Waals surface area contributed by atoms with Crippen LogP contribution in [0.5, 0.6) is 0 Å². The van der Waals surface area contributed by atoms with Crippen LogP contribution in [0.1, 0.15) is 396 Å². The van der Waals surface area contributed by atoms with Gasteiger partial charge in [-0.1, -0.05) is 228 Å². The van der Waals surface area contributed by atoms with E-state index in [4.69, 9.17) is 5.11 Å². The van der Waals surface area contributed by atoms with Crippen molar-refractivity contribution in [1.29, 1.82) is 0 Å². The molecule has 0 aliphatic rings. The molecule has 0 bridgehead atoms. The first-order valence-corrected chi connectivity index (χ1v) is 41.3. The van der Waals surface area contributed by atoms with Gasteiger partial charge in [-0.25, -0.2) is 0 Å². The maximum absolute atomic E-state index is 9.12. The Morgan fingerprint density at radius 3 is 0.386 bits per heavy atom. The zero-order valence-corrected chi connectivity index (χ0v) is 70.8. The van der Waals surface area contributed by atoms with Gasteiger partial charge in [0.15, 0.2) is 0 Å². The summed E-state index contributed by atoms with van der Waals surface area (Å²) < 4.78 is 0. The first kappa shape index (κ1) is 96.0. The average molecular weight is 1380 g/mol. The van der Waals surface area contributed by atoms with Crippen molar-refractivity contribution in [3.8, 4) is 0 Å². The Morgan fingerprint density at radius 2 is 0.277 bits per heavy atom. The standard InChI is InChI=1S/C100H164O/c1-81(2)41-22-42-82(3)43-23-44-83(4)45-24-46-84(5)47-25-48-85(6)49-26-50-86(7)51-27-52-87(8)53-28-54-88(9)55-29-56-89(10)57-30-58-90(11)59-31-60-91(12)61-32-62-92(13)63-33-64-93(14)65-34-66-94(15)67-35-68-95(16)69-36-70-96(17)71-37-72-97(18)73-38-74-98(19)75-39-76-99(20)77-40-78-100(21)79-80-101/h41,43,45,47,49,51,53,55,57,59,61,63,65,67,69,71,73,75,77,100-101H,22-40,42,44,46,48,50,52,54,56,58,60,62,64,66,68,70,72,74,76,78-80H2,1-21H3/b82-43+,83-45+,84-47+,85-49+,86-51+,87-53+,88-55+,89-57+,90-59+,91-61+,92-63+,93-65+,94-67+,95-69+,96-71+,97-73+,98-75+,99-77+. The molecule has 0 aromatic rings. The molecule has 0 fully saturated rings. The molecule has 0 saturated carbocycles. The third-order valence-corrected chi connectivity index (χ3v) is 20.4. The summed E-state index contributed by atoms with van der Waals surface area (Å²) in [6.07, 6.45) is 91.8. The van der Waals surface area contributed by atoms with Gasteiger partial charge in [-0.3, -0.25) is 0 Å². The lowest BCUT2D eigenvalue weighted by Crippen LogP contribution is -1.97. The number of hydrogen-bond acceptors (Lipinski definition) is 1. The van der Waals surface area contributed by atoms with Gasteiger partial charge in [0.1, 0.15) is 0 Å². The SMILES string of the molecule is CC(C)=CCC/C(C)=C/CC/C(C)=C/CC/C(C)=C/CC/C(C)=C/CC/C(C)=C/CC/C(C)=C/CC/C(C)=C/CC/C(C)=C/CC/C(C)=C/CC/C(C)=C/CC/C(C)=C/CC/C(C)=C/CC/C(C)=C/CC/C(C)=C/CC/C(C)=C/CC/C(C)=C/CC/C(C)=C/CC/C(C)=C/CCC(C)CCO. The van der Waals surface area contributed by atoms with E-state index in [1.165, 1.54) is 228 Å². The summed E-state index contributed by atoms with van der Waals surface area (Å²) in [5, 5.41) is 9.12. The van der Waals surface area contributed by atoms with Crippen LogP contribution in [0.15, 0.2) is 221 Å². The smallest absolute Gasteiger partial charge is 0.0433 e. The van der Waals surface area contributed by atoms with Gasteiger partial charge in [-0.15, -0.1) is 0 Å². The Bertz CT molecular complexity index is 2860. The normalized spacial score (nSPS) is 15.5. The van der Waals surface area contributed by atoms with Crippen LogP contribution in [0.2, 0.25) is 0 Å². The average Bonchev–Trinajstić information content (AvgIpc) is 3.74. The summed E-state index contributed by atoms with van der Waals surface area (Å²) >= 11 is 0. The zero-order valence-electron chi connectivity index (χ0n) is 70.8. The molecule has 0 rings (SSSR count). The predicted molar refractivity (Wildman–Crippen MR) is 463 cm³/mol. The maximum Gasteiger partial charge on any atom is 0.0433 e. The van der Waals surface area contributed by atoms with Crippen molar-refractivity contribution in [2.24, 2.45) is 5.92 Å². The molecular formula is C100H164O. The van der Waals surface area contributed by atoms with Crippen LogP contribution >= 0.6 is 0 Å². The second-order valence-electron chi connectivity index (χ2n) is 32.1. The number of aliphatic hydroxyl groups excluding tert-OH is 1. The molecule has 570 valence electrons. The van der Waals surface area contributed by atoms with E-state index in [2.05, 4.69) is 261 Å². The van der Waals surface area contributed by atoms with Gasteiger partial charge < -0.3 is 5.11 Å². The van der Waals surface area contributed by atoms with Crippen molar-refractivity contribution in [1.82, 2.24) is 0 Å². The van der Waals surface area contributed by atoms with Crippen LogP contribution in [-0.4, -0.2) is 11.7 Å². The van der Waals surface area contributed by atoms with Crippen molar-refractivity contribution in [3.63, 3.8) is 0 Å². The Hall–Kier alpha value is -4.98. The van der Waals surface area contributed by atoms with Crippen LogP contribution < -0.4 is 0 Å². The summed E-state index contributed by atoms with van der Waals surface area (Å²) in [6.45, 7) is 48.5. The Kier molecular flexibility index (Phi) is 61.4. The largest absolute Gasteiger partial charge is 0.396 e. The summed E-state index contributed by atoms with van der Waals surface area (Å²) in [6, 6.07) is 0. The predicted octanol–water partition coefficient (Wildman–Crippen LogP) is 33.8. The first-order chi connectivity index (χ1) is 48.3. The van der Waals surface area contributed by atoms with Gasteiger partial charge in [-0.2, -0.15) is 0 Å². The van der Waals surface area contributed by atoms with Crippen molar-refractivity contribution < 1.29 is 5.11 Å². The molecule has 0 aromatic carbocycles. The van der Waals surface area contributed by atoms with Crippen molar-refractivity contribution in [2.75, 3.05) is 6.61 Å². The molecule has 1 heteroatoms. The Labute approximate surface area is 631 Å². The van der Waals surface area contributed by atoms with Gasteiger partial charge >= 0.3 is 0 Å². The highest BCUT2D eigenvalue weighted by atomic mass is 16.3. The lowest BCUT2D eigenvalue weighted by Gasteiger charge is -2.07. The third kappa shape index (κ3) is 65.5. The van der Waals surface area contributed by atoms with E-state index in [0.29, 0.717) is 12.5 Å². The summed E-state index contributed by atoms with van der Waals surface area (Å²) in [7, 11) is 0. The fourth-order valence-electron chi connectivity index (χ4n) is 12.7. The second kappa shape index (κ2) is 64.6. The molecule has 0 spiro atoms. The molecule has 1 atom stereocenters. The quantitative estimate of drug-likeness (QED) is 0.0602. The first-order valence-electron chi connectivity index (χ1n) is 41.3. The van der Waals surface area contributed by atoms with Gasteiger partial charge in [0, 0.05) is 6.61 Å². The Morgan fingerprint density at radius 1 is 0.168 bits per heavy atom. The fraction of sp³-hybridized carbons (Fsp3) is 0.620. The maximum atomic E-state index is 9.12. The lowest BCUT2D eigenvalue weighted by molar-refractivity contribution is 0.259. The monoisotopic (exact) mass is 1380 g/mol. The van der Waals surface area contributed by atoms with E-state index in [-0.39, 0.29) is 0 Å². The highest BCUT2D eigenvalue weighted by Crippen LogP contribution is 2.23. The fourth-order valence-corrected chi connectivity index (χ4v) is 12.7. The summed E-state index contributed by atoms with van der Waals surface area (Å²) in [4.78, 5) is 0. The highest BCUT2D eigenvalue weighted by molar-refractivity contribution is 5.15. The zero-order chi connectivity index (χ0) is 75.3. The van der Waals surface area contributed by atoms with E-state index in [1.54, 1.807) is 0 Å². The molecule has 0 saturated heterocycles. The molecule has 0 heterocycles. The van der Waals surface area contributed by atoms with Crippen molar-refractivity contribution in [2.45, 2.75) is 396 Å². The van der Waals surface area contributed by atoms with Crippen LogP contribution in [0.3, 0.4) is 0 Å². The lowest BCUT2D eigenvalue weighted by atomic mass is 10.0. The van der Waals surface area contributed by atoms with Gasteiger partial charge in [0.05, 0.1) is 0 Å². The van der Waals surface area contributed by atoms with Crippen LogP contribution in [-0.2, 0) is 0 Å². The molecule has 101 heavy (non-hydrogen) atoms. The molecule has 0 aromatic heterocycles. The molecule has 1 unspecified atom stereocenters.